The van der Waals surface area contributed by atoms with Crippen molar-refractivity contribution in [3.05, 3.63) is 39.9 Å². The molecule has 1 amide bonds. The summed E-state index contributed by atoms with van der Waals surface area (Å²) < 4.78 is 0. The van der Waals surface area contributed by atoms with Gasteiger partial charge in [-0.3, -0.25) is 14.9 Å². The Morgan fingerprint density at radius 2 is 1.76 bits per heavy atom. The molecule has 5 nitrogen and oxygen atoms in total. The number of hydrogen-bond acceptors (Lipinski definition) is 3. The van der Waals surface area contributed by atoms with E-state index in [1.165, 1.54) is 37.8 Å². The van der Waals surface area contributed by atoms with Gasteiger partial charge in [-0.15, -0.1) is 0 Å². The Kier molecular flexibility index (Phi) is 5.31. The number of benzene rings is 1. The van der Waals surface area contributed by atoms with Crippen LogP contribution in [0.2, 0.25) is 0 Å². The van der Waals surface area contributed by atoms with Gasteiger partial charge in [0.2, 0.25) is 5.91 Å². The maximum Gasteiger partial charge on any atom is 0.269 e. The fraction of sp³-hybridized carbons (Fsp3) is 0.562. The molecule has 21 heavy (non-hydrogen) atoms. The van der Waals surface area contributed by atoms with Crippen LogP contribution in [0.3, 0.4) is 0 Å². The normalized spacial score (nSPS) is 16.2. The zero-order valence-corrected chi connectivity index (χ0v) is 12.5. The summed E-state index contributed by atoms with van der Waals surface area (Å²) in [4.78, 5) is 24.4. The van der Waals surface area contributed by atoms with Crippen LogP contribution in [0.25, 0.3) is 0 Å². The number of hydrogen-bond donors (Lipinski definition) is 0. The summed E-state index contributed by atoms with van der Waals surface area (Å²) in [5, 5.41) is 10.6. The number of carbonyl (C=O) groups excluding carboxylic acids is 1. The Balaban J connectivity index is 1.94. The van der Waals surface area contributed by atoms with Gasteiger partial charge in [-0.2, -0.15) is 0 Å². The minimum atomic E-state index is -0.427. The zero-order valence-electron chi connectivity index (χ0n) is 12.5. The summed E-state index contributed by atoms with van der Waals surface area (Å²) in [6, 6.07) is 6.58. The molecule has 0 N–H and O–H groups in total. The highest BCUT2D eigenvalue weighted by Crippen LogP contribution is 2.22. The molecular weight excluding hydrogens is 268 g/mol. The van der Waals surface area contributed by atoms with Crippen LogP contribution in [-0.4, -0.2) is 28.8 Å². The molecule has 114 valence electrons. The highest BCUT2D eigenvalue weighted by atomic mass is 16.6. The number of carbonyl (C=O) groups is 1. The minimum Gasteiger partial charge on any atom is -0.342 e. The lowest BCUT2D eigenvalue weighted by molar-refractivity contribution is -0.384. The number of nitro groups is 1. The van der Waals surface area contributed by atoms with E-state index < -0.39 is 4.92 Å². The molecule has 1 aromatic rings. The smallest absolute Gasteiger partial charge is 0.269 e. The van der Waals surface area contributed by atoms with E-state index in [9.17, 15) is 14.9 Å². The molecule has 0 spiro atoms. The molecule has 5 heteroatoms. The standard InChI is InChI=1S/C16H22N2O3/c1-17(14-6-4-2-3-5-7-14)16(19)12-13-8-10-15(11-9-13)18(20)21/h8-11,14H,2-7,12H2,1H3. The monoisotopic (exact) mass is 290 g/mol. The van der Waals surface area contributed by atoms with Gasteiger partial charge in [-0.25, -0.2) is 0 Å². The summed E-state index contributed by atoms with van der Waals surface area (Å²) in [5.74, 6) is 0.0933. The molecule has 0 saturated heterocycles. The fourth-order valence-corrected chi connectivity index (χ4v) is 2.88. The van der Waals surface area contributed by atoms with Gasteiger partial charge in [0.15, 0.2) is 0 Å². The van der Waals surface area contributed by atoms with Gasteiger partial charge < -0.3 is 4.90 Å². The van der Waals surface area contributed by atoms with Crippen molar-refractivity contribution in [2.24, 2.45) is 0 Å². The van der Waals surface area contributed by atoms with Crippen LogP contribution in [0.15, 0.2) is 24.3 Å². The number of nitro benzene ring substituents is 1. The molecule has 0 aliphatic heterocycles. The van der Waals surface area contributed by atoms with E-state index in [0.29, 0.717) is 12.5 Å². The highest BCUT2D eigenvalue weighted by molar-refractivity contribution is 5.78. The molecule has 1 fully saturated rings. The Bertz CT molecular complexity index is 491. The Morgan fingerprint density at radius 3 is 2.29 bits per heavy atom. The lowest BCUT2D eigenvalue weighted by Gasteiger charge is -2.27. The third-order valence-corrected chi connectivity index (χ3v) is 4.27. The molecule has 0 atom stereocenters. The van der Waals surface area contributed by atoms with E-state index in [1.807, 2.05) is 11.9 Å². The quantitative estimate of drug-likeness (QED) is 0.485. The number of likely N-dealkylation sites (N-methyl/N-ethyl adjacent to an activating group) is 1. The zero-order chi connectivity index (χ0) is 15.2. The van der Waals surface area contributed by atoms with Crippen molar-refractivity contribution in [1.29, 1.82) is 0 Å². The maximum atomic E-state index is 12.3. The van der Waals surface area contributed by atoms with Crippen molar-refractivity contribution in [1.82, 2.24) is 4.90 Å². The van der Waals surface area contributed by atoms with Gasteiger partial charge in [-0.05, 0) is 18.4 Å². The molecule has 0 heterocycles. The van der Waals surface area contributed by atoms with Crippen molar-refractivity contribution in [3.63, 3.8) is 0 Å². The van der Waals surface area contributed by atoms with Gasteiger partial charge in [0.05, 0.1) is 11.3 Å². The molecular formula is C16H22N2O3. The van der Waals surface area contributed by atoms with E-state index >= 15 is 0 Å². The first-order chi connectivity index (χ1) is 10.1. The van der Waals surface area contributed by atoms with Crippen molar-refractivity contribution >= 4 is 11.6 Å². The minimum absolute atomic E-state index is 0.0586. The lowest BCUT2D eigenvalue weighted by atomic mass is 10.1. The first kappa shape index (κ1) is 15.5. The fourth-order valence-electron chi connectivity index (χ4n) is 2.88. The molecule has 1 saturated carbocycles. The van der Waals surface area contributed by atoms with Crippen molar-refractivity contribution < 1.29 is 9.72 Å². The molecule has 0 unspecified atom stereocenters. The largest absolute Gasteiger partial charge is 0.342 e. The van der Waals surface area contributed by atoms with E-state index in [2.05, 4.69) is 0 Å². The molecule has 1 aliphatic carbocycles. The molecule has 2 rings (SSSR count). The van der Waals surface area contributed by atoms with Gasteiger partial charge >= 0.3 is 0 Å². The highest BCUT2D eigenvalue weighted by Gasteiger charge is 2.21. The molecule has 0 aromatic heterocycles. The second kappa shape index (κ2) is 7.20. The molecule has 1 aliphatic rings. The third kappa shape index (κ3) is 4.28. The van der Waals surface area contributed by atoms with Crippen LogP contribution in [0.5, 0.6) is 0 Å². The Morgan fingerprint density at radius 1 is 1.19 bits per heavy atom. The summed E-state index contributed by atoms with van der Waals surface area (Å²) in [6.45, 7) is 0. The number of rotatable bonds is 4. The maximum absolute atomic E-state index is 12.3. The van der Waals surface area contributed by atoms with Gasteiger partial charge in [0, 0.05) is 25.2 Å². The van der Waals surface area contributed by atoms with Gasteiger partial charge in [-0.1, -0.05) is 37.8 Å². The Labute approximate surface area is 125 Å². The number of amides is 1. The van der Waals surface area contributed by atoms with Crippen LogP contribution in [0.4, 0.5) is 5.69 Å². The number of non-ortho nitro benzene ring substituents is 1. The van der Waals surface area contributed by atoms with E-state index in [4.69, 9.17) is 0 Å². The van der Waals surface area contributed by atoms with E-state index in [-0.39, 0.29) is 11.6 Å². The van der Waals surface area contributed by atoms with Crippen LogP contribution in [0, 0.1) is 10.1 Å². The predicted octanol–water partition coefficient (Wildman–Crippen LogP) is 3.32. The van der Waals surface area contributed by atoms with E-state index in [1.54, 1.807) is 12.1 Å². The van der Waals surface area contributed by atoms with E-state index in [0.717, 1.165) is 18.4 Å². The second-order valence-corrected chi connectivity index (χ2v) is 5.75. The average molecular weight is 290 g/mol. The SMILES string of the molecule is CN(C(=O)Cc1ccc([N+](=O)[O-])cc1)C1CCCCCC1. The number of nitrogens with zero attached hydrogens (tertiary/aromatic N) is 2. The van der Waals surface area contributed by atoms with Crippen molar-refractivity contribution in [2.75, 3.05) is 7.05 Å². The van der Waals surface area contributed by atoms with Crippen LogP contribution in [0.1, 0.15) is 44.1 Å². The Hall–Kier alpha value is -1.91. The topological polar surface area (TPSA) is 63.5 Å². The van der Waals surface area contributed by atoms with Crippen LogP contribution in [-0.2, 0) is 11.2 Å². The first-order valence-corrected chi connectivity index (χ1v) is 7.57. The lowest BCUT2D eigenvalue weighted by Crippen LogP contribution is -2.37. The first-order valence-electron chi connectivity index (χ1n) is 7.57. The van der Waals surface area contributed by atoms with Crippen molar-refractivity contribution in [2.45, 2.75) is 51.0 Å². The van der Waals surface area contributed by atoms with Crippen molar-refractivity contribution in [3.8, 4) is 0 Å². The molecule has 1 aromatic carbocycles. The van der Waals surface area contributed by atoms with Crippen LogP contribution >= 0.6 is 0 Å². The molecule has 0 bridgehead atoms. The van der Waals surface area contributed by atoms with Gasteiger partial charge in [0.1, 0.15) is 0 Å². The summed E-state index contributed by atoms with van der Waals surface area (Å²) in [7, 11) is 1.88. The average Bonchev–Trinajstić information content (AvgIpc) is 2.76. The molecule has 0 radical (unpaired) electrons. The third-order valence-electron chi connectivity index (χ3n) is 4.27. The van der Waals surface area contributed by atoms with Gasteiger partial charge in [0.25, 0.3) is 5.69 Å². The van der Waals surface area contributed by atoms with Crippen LogP contribution < -0.4 is 0 Å². The predicted molar refractivity (Wildman–Crippen MR) is 81.1 cm³/mol. The summed E-state index contributed by atoms with van der Waals surface area (Å²) >= 11 is 0. The second-order valence-electron chi connectivity index (χ2n) is 5.75. The summed E-state index contributed by atoms with van der Waals surface area (Å²) in [6.07, 6.45) is 7.40. The summed E-state index contributed by atoms with van der Waals surface area (Å²) in [5.41, 5.74) is 0.884.